The molecule has 0 heterocycles. The molecule has 2 rings (SSSR count). The minimum atomic E-state index is -0.0924. The average molecular weight is 268 g/mol. The van der Waals surface area contributed by atoms with Gasteiger partial charge in [-0.05, 0) is 36.2 Å². The third kappa shape index (κ3) is 4.17. The average Bonchev–Trinajstić information content (AvgIpc) is 2.45. The van der Waals surface area contributed by atoms with Gasteiger partial charge in [-0.3, -0.25) is 0 Å². The second kappa shape index (κ2) is 7.04. The Balaban J connectivity index is 1.99. The van der Waals surface area contributed by atoms with Crippen LogP contribution in [0.5, 0.6) is 0 Å². The molecule has 0 bridgehead atoms. The molecule has 0 aliphatic carbocycles. The van der Waals surface area contributed by atoms with Crippen LogP contribution in [0.15, 0.2) is 53.4 Å². The Kier molecular flexibility index (Phi) is 5.09. The first kappa shape index (κ1) is 13.7. The molecule has 0 aliphatic heterocycles. The number of rotatable bonds is 3. The molecule has 1 nitrogen and oxygen atoms in total. The molecule has 0 saturated heterocycles. The Morgan fingerprint density at radius 2 is 1.79 bits per heavy atom. The van der Waals surface area contributed by atoms with E-state index in [1.165, 1.54) is 16.0 Å². The molecule has 1 N–H and O–H groups in total. The Bertz CT molecular complexity index is 591. The predicted octanol–water partition coefficient (Wildman–Crippen LogP) is 3.63. The number of benzene rings is 2. The largest absolute Gasteiger partial charge is 0.384 e. The highest BCUT2D eigenvalue weighted by atomic mass is 32.2. The third-order valence-electron chi connectivity index (χ3n) is 2.75. The van der Waals surface area contributed by atoms with Crippen LogP contribution in [0.3, 0.4) is 0 Å². The summed E-state index contributed by atoms with van der Waals surface area (Å²) in [4.78, 5) is 1.33. The van der Waals surface area contributed by atoms with Crippen LogP contribution in [-0.4, -0.2) is 11.7 Å². The number of hydrogen-bond donors (Lipinski definition) is 1. The molecule has 0 fully saturated rings. The smallest absolute Gasteiger partial charge is 0.104 e. The van der Waals surface area contributed by atoms with E-state index in [1.54, 1.807) is 0 Å². The first-order valence-corrected chi connectivity index (χ1v) is 7.15. The molecular formula is C17H16OS. The fraction of sp³-hybridized carbons (Fsp3) is 0.176. The van der Waals surface area contributed by atoms with Crippen LogP contribution in [-0.2, 0) is 5.75 Å². The molecule has 2 heteroatoms. The van der Waals surface area contributed by atoms with Crippen molar-refractivity contribution < 1.29 is 5.11 Å². The topological polar surface area (TPSA) is 20.2 Å². The number of thioether (sulfide) groups is 1. The summed E-state index contributed by atoms with van der Waals surface area (Å²) >= 11 is 1.85. The van der Waals surface area contributed by atoms with E-state index in [9.17, 15) is 0 Å². The second-order valence-electron chi connectivity index (χ2n) is 4.21. The minimum absolute atomic E-state index is 0.0924. The molecule has 19 heavy (non-hydrogen) atoms. The van der Waals surface area contributed by atoms with Gasteiger partial charge < -0.3 is 5.11 Å². The number of hydrogen-bond acceptors (Lipinski definition) is 2. The lowest BCUT2D eigenvalue weighted by Crippen LogP contribution is -1.84. The maximum absolute atomic E-state index is 8.64. The Morgan fingerprint density at radius 1 is 1.05 bits per heavy atom. The van der Waals surface area contributed by atoms with Crippen LogP contribution < -0.4 is 0 Å². The van der Waals surface area contributed by atoms with E-state index in [0.717, 1.165) is 11.3 Å². The lowest BCUT2D eigenvalue weighted by atomic mass is 10.1. The van der Waals surface area contributed by atoms with E-state index >= 15 is 0 Å². The normalized spacial score (nSPS) is 9.79. The van der Waals surface area contributed by atoms with Crippen molar-refractivity contribution in [2.24, 2.45) is 0 Å². The Hall–Kier alpha value is -1.69. The first-order valence-electron chi connectivity index (χ1n) is 6.16. The summed E-state index contributed by atoms with van der Waals surface area (Å²) in [6.07, 6.45) is 0. The van der Waals surface area contributed by atoms with Gasteiger partial charge in [-0.2, -0.15) is 0 Å². The van der Waals surface area contributed by atoms with Gasteiger partial charge in [-0.1, -0.05) is 42.2 Å². The first-order chi connectivity index (χ1) is 9.29. The van der Waals surface area contributed by atoms with Crippen LogP contribution in [0.4, 0.5) is 0 Å². The molecule has 0 radical (unpaired) electrons. The molecule has 2 aromatic carbocycles. The van der Waals surface area contributed by atoms with Crippen molar-refractivity contribution in [3.05, 3.63) is 65.2 Å². The van der Waals surface area contributed by atoms with Gasteiger partial charge in [0.25, 0.3) is 0 Å². The van der Waals surface area contributed by atoms with E-state index in [0.29, 0.717) is 0 Å². The van der Waals surface area contributed by atoms with Gasteiger partial charge in [-0.25, -0.2) is 0 Å². The summed E-state index contributed by atoms with van der Waals surface area (Å²) in [7, 11) is 0. The van der Waals surface area contributed by atoms with Crippen molar-refractivity contribution in [2.45, 2.75) is 17.6 Å². The van der Waals surface area contributed by atoms with E-state index in [4.69, 9.17) is 5.11 Å². The number of aryl methyl sites for hydroxylation is 1. The van der Waals surface area contributed by atoms with Crippen molar-refractivity contribution in [1.82, 2.24) is 0 Å². The predicted molar refractivity (Wildman–Crippen MR) is 81.1 cm³/mol. The summed E-state index contributed by atoms with van der Waals surface area (Å²) in [5, 5.41) is 8.64. The Morgan fingerprint density at radius 3 is 2.47 bits per heavy atom. The highest BCUT2D eigenvalue weighted by Crippen LogP contribution is 2.25. The van der Waals surface area contributed by atoms with Crippen LogP contribution in [0.1, 0.15) is 16.7 Å². The van der Waals surface area contributed by atoms with E-state index in [-0.39, 0.29) is 6.61 Å². The molecule has 0 spiro atoms. The highest BCUT2D eigenvalue weighted by molar-refractivity contribution is 7.98. The van der Waals surface area contributed by atoms with Gasteiger partial charge in [-0.15, -0.1) is 11.8 Å². The quantitative estimate of drug-likeness (QED) is 0.677. The minimum Gasteiger partial charge on any atom is -0.384 e. The SMILES string of the molecule is Cc1ccccc1SCc1ccc(C#CCO)cc1. The van der Waals surface area contributed by atoms with Gasteiger partial charge in [0.1, 0.15) is 6.61 Å². The van der Waals surface area contributed by atoms with Crippen LogP contribution >= 0.6 is 11.8 Å². The fourth-order valence-corrected chi connectivity index (χ4v) is 2.69. The summed E-state index contributed by atoms with van der Waals surface area (Å²) in [6, 6.07) is 16.6. The van der Waals surface area contributed by atoms with Gasteiger partial charge in [0, 0.05) is 16.2 Å². The number of aliphatic hydroxyl groups is 1. The molecule has 0 aliphatic rings. The molecular weight excluding hydrogens is 252 g/mol. The molecule has 2 aromatic rings. The van der Waals surface area contributed by atoms with Crippen molar-refractivity contribution in [3.8, 4) is 11.8 Å². The maximum atomic E-state index is 8.64. The summed E-state index contributed by atoms with van der Waals surface area (Å²) in [5.74, 6) is 6.50. The van der Waals surface area contributed by atoms with Crippen LogP contribution in [0.2, 0.25) is 0 Å². The van der Waals surface area contributed by atoms with Crippen LogP contribution in [0, 0.1) is 18.8 Å². The summed E-state index contributed by atoms with van der Waals surface area (Å²) in [6.45, 7) is 2.04. The zero-order chi connectivity index (χ0) is 13.5. The van der Waals surface area contributed by atoms with Gasteiger partial charge in [0.2, 0.25) is 0 Å². The lowest BCUT2D eigenvalue weighted by Gasteiger charge is -2.05. The summed E-state index contributed by atoms with van der Waals surface area (Å²) < 4.78 is 0. The van der Waals surface area contributed by atoms with E-state index < -0.39 is 0 Å². The monoisotopic (exact) mass is 268 g/mol. The van der Waals surface area contributed by atoms with Crippen molar-refractivity contribution in [1.29, 1.82) is 0 Å². The van der Waals surface area contributed by atoms with Crippen molar-refractivity contribution in [3.63, 3.8) is 0 Å². The lowest BCUT2D eigenvalue weighted by molar-refractivity contribution is 0.350. The second-order valence-corrected chi connectivity index (χ2v) is 5.23. The third-order valence-corrected chi connectivity index (χ3v) is 4.00. The van der Waals surface area contributed by atoms with E-state index in [2.05, 4.69) is 55.2 Å². The molecule has 0 atom stereocenters. The van der Waals surface area contributed by atoms with Crippen molar-refractivity contribution >= 4 is 11.8 Å². The van der Waals surface area contributed by atoms with Gasteiger partial charge in [0.15, 0.2) is 0 Å². The molecule has 0 unspecified atom stereocenters. The Labute approximate surface area is 118 Å². The summed E-state index contributed by atoms with van der Waals surface area (Å²) in [5.41, 5.74) is 3.54. The maximum Gasteiger partial charge on any atom is 0.104 e. The zero-order valence-corrected chi connectivity index (χ0v) is 11.7. The number of aliphatic hydroxyl groups excluding tert-OH is 1. The molecule has 96 valence electrons. The molecule has 0 saturated carbocycles. The molecule has 0 amide bonds. The van der Waals surface area contributed by atoms with Crippen LogP contribution in [0.25, 0.3) is 0 Å². The van der Waals surface area contributed by atoms with Gasteiger partial charge >= 0.3 is 0 Å². The standard InChI is InChI=1S/C17H16OS/c1-14-5-2-3-7-17(14)19-13-16-10-8-15(9-11-16)6-4-12-18/h2-3,5,7-11,18H,12-13H2,1H3. The van der Waals surface area contributed by atoms with E-state index in [1.807, 2.05) is 23.9 Å². The van der Waals surface area contributed by atoms with Crippen molar-refractivity contribution in [2.75, 3.05) is 6.61 Å². The fourth-order valence-electron chi connectivity index (χ4n) is 1.71. The zero-order valence-electron chi connectivity index (χ0n) is 10.9. The highest BCUT2D eigenvalue weighted by Gasteiger charge is 1.99. The molecule has 0 aromatic heterocycles. The van der Waals surface area contributed by atoms with Gasteiger partial charge in [0.05, 0.1) is 0 Å².